The smallest absolute Gasteiger partial charge is 0.349 e. The number of benzene rings is 1. The zero-order chi connectivity index (χ0) is 15.8. The van der Waals surface area contributed by atoms with Crippen LogP contribution in [0, 0.1) is 11.3 Å². The molecule has 7 heteroatoms. The molecule has 0 aliphatic carbocycles. The molecule has 0 N–H and O–H groups in total. The second kappa shape index (κ2) is 7.71. The lowest BCUT2D eigenvalue weighted by atomic mass is 10.2. The van der Waals surface area contributed by atoms with Crippen LogP contribution in [0.3, 0.4) is 0 Å². The number of ether oxygens (including phenoxy) is 2. The van der Waals surface area contributed by atoms with E-state index in [0.29, 0.717) is 5.69 Å². The molecule has 0 aliphatic rings. The molecule has 1 aromatic carbocycles. The Labute approximate surface area is 127 Å². The molecule has 0 fully saturated rings. The van der Waals surface area contributed by atoms with Crippen LogP contribution in [-0.2, 0) is 14.3 Å². The standard InChI is InChI=1S/C15H14N4O3/c1-21-7-8-22-15(20)12(10-16)9-13-11-17-19(18-13)14-5-3-2-4-6-14/h2-6,9,11H,7-8H2,1H3/b12-9+. The Morgan fingerprint density at radius 3 is 2.82 bits per heavy atom. The van der Waals surface area contributed by atoms with Gasteiger partial charge in [-0.25, -0.2) is 4.79 Å². The van der Waals surface area contributed by atoms with Gasteiger partial charge in [0.05, 0.1) is 18.5 Å². The number of aromatic nitrogens is 3. The lowest BCUT2D eigenvalue weighted by Crippen LogP contribution is -2.11. The van der Waals surface area contributed by atoms with Crippen LogP contribution in [-0.4, -0.2) is 41.3 Å². The number of para-hydroxylation sites is 1. The van der Waals surface area contributed by atoms with Gasteiger partial charge >= 0.3 is 5.97 Å². The summed E-state index contributed by atoms with van der Waals surface area (Å²) in [7, 11) is 1.50. The molecule has 0 radical (unpaired) electrons. The quantitative estimate of drug-likeness (QED) is 0.346. The van der Waals surface area contributed by atoms with E-state index in [1.807, 2.05) is 30.3 Å². The molecule has 0 aliphatic heterocycles. The minimum absolute atomic E-state index is 0.0884. The first kappa shape index (κ1) is 15.4. The van der Waals surface area contributed by atoms with E-state index in [9.17, 15) is 4.79 Å². The second-order valence-corrected chi connectivity index (χ2v) is 4.19. The van der Waals surface area contributed by atoms with Crippen molar-refractivity contribution in [3.05, 3.63) is 47.8 Å². The third kappa shape index (κ3) is 4.01. The molecule has 0 saturated heterocycles. The van der Waals surface area contributed by atoms with Crippen LogP contribution in [0.25, 0.3) is 11.8 Å². The number of nitrogens with zero attached hydrogens (tertiary/aromatic N) is 4. The fourth-order valence-electron chi connectivity index (χ4n) is 1.61. The molecule has 1 heterocycles. The molecule has 0 saturated carbocycles. The highest BCUT2D eigenvalue weighted by atomic mass is 16.6. The van der Waals surface area contributed by atoms with Crippen molar-refractivity contribution >= 4 is 12.0 Å². The summed E-state index contributed by atoms with van der Waals surface area (Å²) >= 11 is 0. The van der Waals surface area contributed by atoms with Gasteiger partial charge in [0.25, 0.3) is 0 Å². The van der Waals surface area contributed by atoms with E-state index in [1.54, 1.807) is 6.07 Å². The van der Waals surface area contributed by atoms with E-state index in [2.05, 4.69) is 10.2 Å². The molecule has 2 rings (SSSR count). The topological polar surface area (TPSA) is 90.0 Å². The fourth-order valence-corrected chi connectivity index (χ4v) is 1.61. The summed E-state index contributed by atoms with van der Waals surface area (Å²) in [4.78, 5) is 13.1. The van der Waals surface area contributed by atoms with Gasteiger partial charge < -0.3 is 9.47 Å². The molecule has 112 valence electrons. The van der Waals surface area contributed by atoms with Crippen LogP contribution in [0.2, 0.25) is 0 Å². The highest BCUT2D eigenvalue weighted by molar-refractivity contribution is 5.97. The SMILES string of the molecule is COCCOC(=O)/C(C#N)=C/c1cnn(-c2ccccc2)n1. The van der Waals surface area contributed by atoms with Crippen molar-refractivity contribution in [2.75, 3.05) is 20.3 Å². The van der Waals surface area contributed by atoms with Gasteiger partial charge in [0.1, 0.15) is 23.9 Å². The van der Waals surface area contributed by atoms with Crippen molar-refractivity contribution in [3.63, 3.8) is 0 Å². The molecule has 0 atom stereocenters. The Balaban J connectivity index is 2.12. The van der Waals surface area contributed by atoms with Crippen molar-refractivity contribution in [3.8, 4) is 11.8 Å². The van der Waals surface area contributed by atoms with Crippen LogP contribution in [0.4, 0.5) is 0 Å². The number of hydrogen-bond acceptors (Lipinski definition) is 6. The summed E-state index contributed by atoms with van der Waals surface area (Å²) in [6.07, 6.45) is 2.80. The largest absolute Gasteiger partial charge is 0.459 e. The second-order valence-electron chi connectivity index (χ2n) is 4.19. The highest BCUT2D eigenvalue weighted by Gasteiger charge is 2.12. The number of esters is 1. The number of carbonyl (C=O) groups is 1. The summed E-state index contributed by atoms with van der Waals surface area (Å²) in [5, 5.41) is 17.3. The molecule has 7 nitrogen and oxygen atoms in total. The predicted molar refractivity (Wildman–Crippen MR) is 77.8 cm³/mol. The lowest BCUT2D eigenvalue weighted by molar-refractivity contribution is -0.139. The Hall–Kier alpha value is -2.98. The molecule has 0 amide bonds. The summed E-state index contributed by atoms with van der Waals surface area (Å²) in [5.41, 5.74) is 1.03. The number of nitriles is 1. The van der Waals surface area contributed by atoms with E-state index in [4.69, 9.17) is 14.7 Å². The van der Waals surface area contributed by atoms with Gasteiger partial charge in [-0.3, -0.25) is 0 Å². The summed E-state index contributed by atoms with van der Waals surface area (Å²) in [5.74, 6) is -0.714. The maximum absolute atomic E-state index is 11.7. The lowest BCUT2D eigenvalue weighted by Gasteiger charge is -2.01. The molecule has 1 aromatic heterocycles. The first-order chi connectivity index (χ1) is 10.7. The molecular weight excluding hydrogens is 284 g/mol. The zero-order valence-electron chi connectivity index (χ0n) is 12.0. The third-order valence-electron chi connectivity index (χ3n) is 2.65. The van der Waals surface area contributed by atoms with Crippen molar-refractivity contribution in [2.45, 2.75) is 0 Å². The summed E-state index contributed by atoms with van der Waals surface area (Å²) < 4.78 is 9.66. The van der Waals surface area contributed by atoms with E-state index in [-0.39, 0.29) is 18.8 Å². The molecule has 0 spiro atoms. The van der Waals surface area contributed by atoms with Gasteiger partial charge in [-0.2, -0.15) is 15.2 Å². The maximum atomic E-state index is 11.7. The molecule has 22 heavy (non-hydrogen) atoms. The first-order valence-electron chi connectivity index (χ1n) is 6.50. The Bertz CT molecular complexity index is 701. The van der Waals surface area contributed by atoms with Gasteiger partial charge in [-0.1, -0.05) is 18.2 Å². The van der Waals surface area contributed by atoms with Crippen LogP contribution in [0.5, 0.6) is 0 Å². The average Bonchev–Trinajstić information content (AvgIpc) is 3.02. The molecule has 2 aromatic rings. The van der Waals surface area contributed by atoms with Crippen molar-refractivity contribution in [2.24, 2.45) is 0 Å². The third-order valence-corrected chi connectivity index (χ3v) is 2.65. The Morgan fingerprint density at radius 1 is 1.36 bits per heavy atom. The zero-order valence-corrected chi connectivity index (χ0v) is 12.0. The number of rotatable bonds is 6. The first-order valence-corrected chi connectivity index (χ1v) is 6.50. The van der Waals surface area contributed by atoms with E-state index >= 15 is 0 Å². The van der Waals surface area contributed by atoms with Crippen LogP contribution >= 0.6 is 0 Å². The molecule has 0 unspecified atom stereocenters. The van der Waals surface area contributed by atoms with Gasteiger partial charge in [0, 0.05) is 7.11 Å². The van der Waals surface area contributed by atoms with Gasteiger partial charge in [0.15, 0.2) is 0 Å². The van der Waals surface area contributed by atoms with Crippen molar-refractivity contribution in [1.29, 1.82) is 5.26 Å². The average molecular weight is 298 g/mol. The minimum Gasteiger partial charge on any atom is -0.459 e. The Morgan fingerprint density at radius 2 is 2.14 bits per heavy atom. The maximum Gasteiger partial charge on any atom is 0.349 e. The van der Waals surface area contributed by atoms with Crippen LogP contribution in [0.15, 0.2) is 42.1 Å². The van der Waals surface area contributed by atoms with Crippen molar-refractivity contribution in [1.82, 2.24) is 15.0 Å². The van der Waals surface area contributed by atoms with Gasteiger partial charge in [-0.15, -0.1) is 5.10 Å². The summed E-state index contributed by atoms with van der Waals surface area (Å²) in [6, 6.07) is 11.1. The fraction of sp³-hybridized carbons (Fsp3) is 0.200. The van der Waals surface area contributed by atoms with E-state index in [0.717, 1.165) is 5.69 Å². The number of methoxy groups -OCH3 is 1. The number of carbonyl (C=O) groups excluding carboxylic acids is 1. The number of hydrogen-bond donors (Lipinski definition) is 0. The summed E-state index contributed by atoms with van der Waals surface area (Å²) in [6.45, 7) is 0.361. The minimum atomic E-state index is -0.714. The molecular formula is C15H14N4O3. The highest BCUT2D eigenvalue weighted by Crippen LogP contribution is 2.08. The van der Waals surface area contributed by atoms with Crippen LogP contribution in [0.1, 0.15) is 5.69 Å². The monoisotopic (exact) mass is 298 g/mol. The van der Waals surface area contributed by atoms with Crippen LogP contribution < -0.4 is 0 Å². The van der Waals surface area contributed by atoms with Gasteiger partial charge in [0.2, 0.25) is 0 Å². The predicted octanol–water partition coefficient (Wildman–Crippen LogP) is 1.36. The van der Waals surface area contributed by atoms with E-state index < -0.39 is 5.97 Å². The molecule has 0 bridgehead atoms. The normalized spacial score (nSPS) is 11.0. The van der Waals surface area contributed by atoms with E-state index in [1.165, 1.54) is 24.2 Å². The Kier molecular flexibility index (Phi) is 5.40. The van der Waals surface area contributed by atoms with Crippen molar-refractivity contribution < 1.29 is 14.3 Å². The van der Waals surface area contributed by atoms with Gasteiger partial charge in [-0.05, 0) is 18.2 Å².